The Morgan fingerprint density at radius 3 is 2.53 bits per heavy atom. The Morgan fingerprint density at radius 2 is 1.78 bits per heavy atom. The number of phenolic OH excluding ortho intramolecular Hbond substituents is 2. The van der Waals surface area contributed by atoms with Crippen LogP contribution in [0.4, 0.5) is 0 Å². The summed E-state index contributed by atoms with van der Waals surface area (Å²) in [6, 6.07) is 19.3. The summed E-state index contributed by atoms with van der Waals surface area (Å²) in [6.45, 7) is 4.03. The second-order valence-corrected chi connectivity index (χ2v) is 8.36. The largest absolute Gasteiger partial charge is 0.508 e. The molecule has 5 heteroatoms. The molecule has 0 bridgehead atoms. The average Bonchev–Trinajstić information content (AvgIpc) is 3.28. The smallest absolute Gasteiger partial charge is 0.137 e. The first-order chi connectivity index (χ1) is 15.4. The highest BCUT2D eigenvalue weighted by molar-refractivity contribution is 5.98. The number of aromatic hydroxyl groups is 2. The molecule has 5 nitrogen and oxygen atoms in total. The zero-order valence-electron chi connectivity index (χ0n) is 18.3. The Hall–Kier alpha value is -3.86. The molecule has 0 saturated carbocycles. The van der Waals surface area contributed by atoms with Gasteiger partial charge in [0.05, 0.1) is 11.8 Å². The number of allylic oxidation sites excluding steroid dienone is 1. The van der Waals surface area contributed by atoms with E-state index in [1.165, 1.54) is 12.1 Å². The standard InChI is InChI=1S/C27H25NO4/c1-16(2)31-19-10-8-17(9-11-19)27-22(21-6-4-5-7-24(21)28(27)3)14-20-15-23-25(30)12-18(29)13-26(23)32-20/h4-14,16,29-30H,15H2,1-3H3. The highest BCUT2D eigenvalue weighted by Crippen LogP contribution is 2.42. The van der Waals surface area contributed by atoms with Gasteiger partial charge in [0.2, 0.25) is 0 Å². The highest BCUT2D eigenvalue weighted by Gasteiger charge is 2.24. The first-order valence-electron chi connectivity index (χ1n) is 10.7. The highest BCUT2D eigenvalue weighted by atomic mass is 16.5. The van der Waals surface area contributed by atoms with E-state index in [9.17, 15) is 10.2 Å². The van der Waals surface area contributed by atoms with Crippen LogP contribution in [-0.2, 0) is 13.5 Å². The number of rotatable bonds is 4. The van der Waals surface area contributed by atoms with Crippen molar-refractivity contribution >= 4 is 17.0 Å². The van der Waals surface area contributed by atoms with E-state index in [1.54, 1.807) is 0 Å². The molecule has 0 amide bonds. The van der Waals surface area contributed by atoms with Crippen molar-refractivity contribution in [1.82, 2.24) is 4.57 Å². The average molecular weight is 428 g/mol. The topological polar surface area (TPSA) is 63.9 Å². The lowest BCUT2D eigenvalue weighted by Gasteiger charge is -2.11. The minimum atomic E-state index is -0.0166. The molecule has 1 aliphatic heterocycles. The number of aryl methyl sites for hydroxylation is 1. The van der Waals surface area contributed by atoms with Gasteiger partial charge in [-0.25, -0.2) is 0 Å². The van der Waals surface area contributed by atoms with Crippen LogP contribution in [0.2, 0.25) is 0 Å². The number of nitrogens with zero attached hydrogens (tertiary/aromatic N) is 1. The Bertz CT molecular complexity index is 1350. The third-order valence-corrected chi connectivity index (χ3v) is 5.71. The van der Waals surface area contributed by atoms with Crippen LogP contribution in [0, 0.1) is 0 Å². The fourth-order valence-electron chi connectivity index (χ4n) is 4.36. The van der Waals surface area contributed by atoms with Crippen LogP contribution in [0.3, 0.4) is 0 Å². The first kappa shape index (κ1) is 20.1. The molecule has 2 N–H and O–H groups in total. The number of hydrogen-bond donors (Lipinski definition) is 2. The second kappa shape index (κ2) is 7.68. The summed E-state index contributed by atoms with van der Waals surface area (Å²) in [5.41, 5.74) is 5.00. The number of para-hydroxylation sites is 1. The Kier molecular flexibility index (Phi) is 4.82. The van der Waals surface area contributed by atoms with Crippen LogP contribution in [-0.4, -0.2) is 20.9 Å². The van der Waals surface area contributed by atoms with Crippen molar-refractivity contribution < 1.29 is 19.7 Å². The minimum Gasteiger partial charge on any atom is -0.508 e. The van der Waals surface area contributed by atoms with Gasteiger partial charge >= 0.3 is 0 Å². The van der Waals surface area contributed by atoms with Gasteiger partial charge in [-0.3, -0.25) is 0 Å². The summed E-state index contributed by atoms with van der Waals surface area (Å²) >= 11 is 0. The zero-order chi connectivity index (χ0) is 22.4. The Labute approximate surface area is 186 Å². The van der Waals surface area contributed by atoms with E-state index in [1.807, 2.05) is 44.2 Å². The molecule has 0 fully saturated rings. The van der Waals surface area contributed by atoms with Gasteiger partial charge < -0.3 is 24.3 Å². The predicted octanol–water partition coefficient (Wildman–Crippen LogP) is 6.02. The van der Waals surface area contributed by atoms with E-state index in [0.29, 0.717) is 17.7 Å². The third-order valence-electron chi connectivity index (χ3n) is 5.71. The van der Waals surface area contributed by atoms with Crippen molar-refractivity contribution in [2.75, 3.05) is 0 Å². The number of aromatic nitrogens is 1. The van der Waals surface area contributed by atoms with Crippen LogP contribution in [0.25, 0.3) is 28.2 Å². The quantitative estimate of drug-likeness (QED) is 0.418. The van der Waals surface area contributed by atoms with E-state index in [-0.39, 0.29) is 17.6 Å². The summed E-state index contributed by atoms with van der Waals surface area (Å²) in [6.07, 6.45) is 2.62. The molecule has 4 aromatic rings. The maximum atomic E-state index is 10.2. The predicted molar refractivity (Wildman–Crippen MR) is 126 cm³/mol. The molecule has 1 aliphatic rings. The molecule has 0 aliphatic carbocycles. The van der Waals surface area contributed by atoms with E-state index >= 15 is 0 Å². The van der Waals surface area contributed by atoms with Crippen molar-refractivity contribution in [3.05, 3.63) is 77.5 Å². The van der Waals surface area contributed by atoms with Gasteiger partial charge in [0, 0.05) is 47.6 Å². The number of phenols is 2. The maximum Gasteiger partial charge on any atom is 0.137 e. The van der Waals surface area contributed by atoms with Crippen LogP contribution < -0.4 is 9.47 Å². The lowest BCUT2D eigenvalue weighted by Crippen LogP contribution is -2.05. The number of benzene rings is 3. The van der Waals surface area contributed by atoms with Crippen LogP contribution in [0.5, 0.6) is 23.0 Å². The number of fused-ring (bicyclic) bond motifs is 2. The van der Waals surface area contributed by atoms with Crippen LogP contribution in [0.1, 0.15) is 25.0 Å². The fourth-order valence-corrected chi connectivity index (χ4v) is 4.36. The molecule has 3 aromatic carbocycles. The molecule has 2 heterocycles. The summed E-state index contributed by atoms with van der Waals surface area (Å²) in [5.74, 6) is 2.08. The third kappa shape index (κ3) is 3.46. The van der Waals surface area contributed by atoms with Crippen molar-refractivity contribution in [3.63, 3.8) is 0 Å². The van der Waals surface area contributed by atoms with Gasteiger partial charge in [0.15, 0.2) is 0 Å². The summed E-state index contributed by atoms with van der Waals surface area (Å²) in [5, 5.41) is 21.1. The van der Waals surface area contributed by atoms with Gasteiger partial charge in [-0.1, -0.05) is 18.2 Å². The monoisotopic (exact) mass is 427 g/mol. The number of hydrogen-bond acceptors (Lipinski definition) is 4. The molecule has 5 rings (SSSR count). The van der Waals surface area contributed by atoms with Crippen molar-refractivity contribution in [3.8, 4) is 34.3 Å². The Morgan fingerprint density at radius 1 is 1.03 bits per heavy atom. The lowest BCUT2D eigenvalue weighted by molar-refractivity contribution is 0.242. The molecule has 1 aromatic heterocycles. The van der Waals surface area contributed by atoms with E-state index in [2.05, 4.69) is 35.9 Å². The van der Waals surface area contributed by atoms with Gasteiger partial charge in [-0.2, -0.15) is 0 Å². The summed E-state index contributed by atoms with van der Waals surface area (Å²) < 4.78 is 14.0. The van der Waals surface area contributed by atoms with Crippen molar-refractivity contribution in [2.45, 2.75) is 26.4 Å². The SMILES string of the molecule is CC(C)Oc1ccc(-c2c(C=C3Cc4c(O)cc(O)cc4O3)c3ccccc3n2C)cc1. The molecular weight excluding hydrogens is 402 g/mol. The van der Waals surface area contributed by atoms with Gasteiger partial charge in [-0.15, -0.1) is 0 Å². The van der Waals surface area contributed by atoms with Crippen molar-refractivity contribution in [2.24, 2.45) is 7.05 Å². The zero-order valence-corrected chi connectivity index (χ0v) is 18.3. The maximum absolute atomic E-state index is 10.2. The molecule has 32 heavy (non-hydrogen) atoms. The van der Waals surface area contributed by atoms with E-state index in [4.69, 9.17) is 9.47 Å². The van der Waals surface area contributed by atoms with Crippen LogP contribution in [0.15, 0.2) is 66.4 Å². The normalized spacial score (nSPS) is 14.2. The molecule has 0 saturated heterocycles. The van der Waals surface area contributed by atoms with Crippen molar-refractivity contribution in [1.29, 1.82) is 0 Å². The van der Waals surface area contributed by atoms with Gasteiger partial charge in [0.25, 0.3) is 0 Å². The summed E-state index contributed by atoms with van der Waals surface area (Å²) in [7, 11) is 2.06. The van der Waals surface area contributed by atoms with Crippen LogP contribution >= 0.6 is 0 Å². The molecule has 0 unspecified atom stereocenters. The van der Waals surface area contributed by atoms with E-state index < -0.39 is 0 Å². The molecular formula is C27H25NO4. The second-order valence-electron chi connectivity index (χ2n) is 8.36. The molecule has 0 atom stereocenters. The van der Waals surface area contributed by atoms with Gasteiger partial charge in [-0.05, 0) is 55.8 Å². The summed E-state index contributed by atoms with van der Waals surface area (Å²) in [4.78, 5) is 0. The minimum absolute atomic E-state index is 0.0166. The van der Waals surface area contributed by atoms with Gasteiger partial charge in [0.1, 0.15) is 28.8 Å². The first-order valence-corrected chi connectivity index (χ1v) is 10.7. The fraction of sp³-hybridized carbons (Fsp3) is 0.185. The lowest BCUT2D eigenvalue weighted by atomic mass is 10.0. The van der Waals surface area contributed by atoms with E-state index in [0.717, 1.165) is 39.2 Å². The number of ether oxygens (including phenoxy) is 2. The molecule has 0 spiro atoms. The Balaban J connectivity index is 1.62. The molecule has 0 radical (unpaired) electrons. The molecule has 162 valence electrons.